The van der Waals surface area contributed by atoms with Crippen molar-refractivity contribution < 1.29 is 9.59 Å². The van der Waals surface area contributed by atoms with Crippen LogP contribution in [0.2, 0.25) is 0 Å². The van der Waals surface area contributed by atoms with Crippen molar-refractivity contribution >= 4 is 11.9 Å². The summed E-state index contributed by atoms with van der Waals surface area (Å²) in [6.45, 7) is 7.39. The van der Waals surface area contributed by atoms with Crippen molar-refractivity contribution in [3.8, 4) is 0 Å². The molecule has 3 amide bonds. The van der Waals surface area contributed by atoms with Gasteiger partial charge < -0.3 is 16.0 Å². The van der Waals surface area contributed by atoms with Gasteiger partial charge in [0.2, 0.25) is 5.91 Å². The number of hydrogen-bond donors (Lipinski definition) is 2. The van der Waals surface area contributed by atoms with Crippen LogP contribution >= 0.6 is 0 Å². The number of likely N-dealkylation sites (tertiary alicyclic amines) is 1. The lowest BCUT2D eigenvalue weighted by atomic mass is 9.95. The van der Waals surface area contributed by atoms with Crippen LogP contribution in [0.15, 0.2) is 0 Å². The molecule has 0 spiro atoms. The van der Waals surface area contributed by atoms with E-state index in [9.17, 15) is 9.59 Å². The van der Waals surface area contributed by atoms with Gasteiger partial charge in [-0.15, -0.1) is 0 Å². The second-order valence-electron chi connectivity index (χ2n) is 6.95. The molecule has 24 heavy (non-hydrogen) atoms. The Balaban J connectivity index is 1.90. The first-order valence-corrected chi connectivity index (χ1v) is 8.60. The average molecular weight is 335 g/mol. The maximum atomic E-state index is 12.5. The first-order valence-electron chi connectivity index (χ1n) is 8.60. The minimum atomic E-state index is -0.293. The second kappa shape index (κ2) is 7.68. The van der Waals surface area contributed by atoms with E-state index in [1.54, 1.807) is 4.90 Å². The zero-order valence-electron chi connectivity index (χ0n) is 15.1. The lowest BCUT2D eigenvalue weighted by Crippen LogP contribution is -2.48. The summed E-state index contributed by atoms with van der Waals surface area (Å²) in [6, 6.07) is -0.0357. The molecule has 1 saturated heterocycles. The minimum absolute atomic E-state index is 0.0237. The Hall–Kier alpha value is -2.05. The van der Waals surface area contributed by atoms with Crippen molar-refractivity contribution in [3.05, 3.63) is 17.0 Å². The van der Waals surface area contributed by atoms with Crippen LogP contribution in [0.3, 0.4) is 0 Å². The molecule has 0 bridgehead atoms. The Kier molecular flexibility index (Phi) is 5.85. The van der Waals surface area contributed by atoms with Crippen LogP contribution in [0.25, 0.3) is 0 Å². The predicted molar refractivity (Wildman–Crippen MR) is 92.5 cm³/mol. The quantitative estimate of drug-likeness (QED) is 0.848. The first-order chi connectivity index (χ1) is 11.3. The number of rotatable bonds is 5. The molecule has 0 aliphatic carbocycles. The van der Waals surface area contributed by atoms with E-state index >= 15 is 0 Å². The van der Waals surface area contributed by atoms with Gasteiger partial charge in [-0.3, -0.25) is 9.48 Å². The molecule has 0 saturated carbocycles. The summed E-state index contributed by atoms with van der Waals surface area (Å²) in [4.78, 5) is 25.4. The van der Waals surface area contributed by atoms with Crippen molar-refractivity contribution in [1.82, 2.24) is 20.0 Å². The molecule has 2 heterocycles. The number of nitrogens with two attached hydrogens (primary N) is 1. The largest absolute Gasteiger partial charge is 0.370 e. The standard InChI is InChI=1S/C17H29N5O2/c1-11(8-15-12(2)20-21(4)13(15)3)19-17(24)22-7-5-6-14(10-22)9-16(18)23/h11,14H,5-10H2,1-4H3,(H2,18,23)(H,19,24)/t11-,14-/m0/s1. The fourth-order valence-electron chi connectivity index (χ4n) is 3.47. The molecular weight excluding hydrogens is 306 g/mol. The topological polar surface area (TPSA) is 93.2 Å². The summed E-state index contributed by atoms with van der Waals surface area (Å²) in [5.74, 6) is -0.113. The molecule has 0 aromatic carbocycles. The number of carbonyl (C=O) groups excluding carboxylic acids is 2. The van der Waals surface area contributed by atoms with Crippen molar-refractivity contribution in [1.29, 1.82) is 0 Å². The fourth-order valence-corrected chi connectivity index (χ4v) is 3.47. The number of amides is 3. The van der Waals surface area contributed by atoms with Crippen molar-refractivity contribution in [3.63, 3.8) is 0 Å². The van der Waals surface area contributed by atoms with Crippen molar-refractivity contribution in [2.24, 2.45) is 18.7 Å². The zero-order chi connectivity index (χ0) is 17.9. The zero-order valence-corrected chi connectivity index (χ0v) is 15.1. The van der Waals surface area contributed by atoms with E-state index in [0.29, 0.717) is 13.0 Å². The number of urea groups is 1. The van der Waals surface area contributed by atoms with E-state index in [0.717, 1.165) is 37.2 Å². The molecule has 1 aliphatic heterocycles. The van der Waals surface area contributed by atoms with E-state index < -0.39 is 0 Å². The number of aryl methyl sites for hydroxylation is 2. The molecular formula is C17H29N5O2. The molecule has 2 atom stereocenters. The number of nitrogens with one attached hydrogen (secondary N) is 1. The van der Waals surface area contributed by atoms with E-state index in [2.05, 4.69) is 10.4 Å². The Morgan fingerprint density at radius 3 is 2.71 bits per heavy atom. The summed E-state index contributed by atoms with van der Waals surface area (Å²) in [6.07, 6.45) is 2.99. The predicted octanol–water partition coefficient (Wildman–Crippen LogP) is 1.26. The van der Waals surface area contributed by atoms with Gasteiger partial charge >= 0.3 is 6.03 Å². The third kappa shape index (κ3) is 4.49. The second-order valence-corrected chi connectivity index (χ2v) is 6.95. The van der Waals surface area contributed by atoms with Crippen LogP contribution in [0, 0.1) is 19.8 Å². The number of nitrogens with zero attached hydrogens (tertiary/aromatic N) is 3. The molecule has 2 rings (SSSR count). The maximum Gasteiger partial charge on any atom is 0.317 e. The van der Waals surface area contributed by atoms with Crippen molar-refractivity contribution in [2.75, 3.05) is 13.1 Å². The van der Waals surface area contributed by atoms with Crippen LogP contribution in [0.5, 0.6) is 0 Å². The molecule has 3 N–H and O–H groups in total. The normalized spacial score (nSPS) is 19.2. The van der Waals surface area contributed by atoms with Gasteiger partial charge in [-0.2, -0.15) is 5.10 Å². The SMILES string of the molecule is Cc1nn(C)c(C)c1C[C@H](C)NC(=O)N1CCC[C@@H](CC(N)=O)C1. The number of primary amides is 1. The van der Waals surface area contributed by atoms with Gasteiger partial charge in [0.05, 0.1) is 5.69 Å². The fraction of sp³-hybridized carbons (Fsp3) is 0.706. The van der Waals surface area contributed by atoms with Gasteiger partial charge in [-0.25, -0.2) is 4.79 Å². The number of hydrogen-bond acceptors (Lipinski definition) is 3. The van der Waals surface area contributed by atoms with E-state index in [4.69, 9.17) is 5.73 Å². The van der Waals surface area contributed by atoms with E-state index in [1.165, 1.54) is 5.56 Å². The Labute approximate surface area is 143 Å². The summed E-state index contributed by atoms with van der Waals surface area (Å²) in [7, 11) is 1.93. The summed E-state index contributed by atoms with van der Waals surface area (Å²) in [5, 5.41) is 7.49. The summed E-state index contributed by atoms with van der Waals surface area (Å²) in [5.41, 5.74) is 8.61. The van der Waals surface area contributed by atoms with Gasteiger partial charge in [0.15, 0.2) is 0 Å². The highest BCUT2D eigenvalue weighted by Gasteiger charge is 2.25. The lowest BCUT2D eigenvalue weighted by Gasteiger charge is -2.33. The molecule has 1 aliphatic rings. The minimum Gasteiger partial charge on any atom is -0.370 e. The Morgan fingerprint density at radius 1 is 1.42 bits per heavy atom. The lowest BCUT2D eigenvalue weighted by molar-refractivity contribution is -0.119. The van der Waals surface area contributed by atoms with Gasteiger partial charge in [-0.1, -0.05) is 0 Å². The molecule has 7 heteroatoms. The highest BCUT2D eigenvalue weighted by molar-refractivity contribution is 5.76. The highest BCUT2D eigenvalue weighted by Crippen LogP contribution is 2.20. The number of piperidine rings is 1. The maximum absolute atomic E-state index is 12.5. The summed E-state index contributed by atoms with van der Waals surface area (Å²) >= 11 is 0. The van der Waals surface area contributed by atoms with E-state index in [-0.39, 0.29) is 23.9 Å². The molecule has 0 radical (unpaired) electrons. The van der Waals surface area contributed by atoms with Gasteiger partial charge in [0, 0.05) is 38.3 Å². The van der Waals surface area contributed by atoms with Gasteiger partial charge in [-0.05, 0) is 51.5 Å². The van der Waals surface area contributed by atoms with Crippen LogP contribution in [0.4, 0.5) is 4.79 Å². The van der Waals surface area contributed by atoms with Crippen LogP contribution in [-0.4, -0.2) is 45.8 Å². The average Bonchev–Trinajstić information content (AvgIpc) is 2.73. The van der Waals surface area contributed by atoms with Crippen molar-refractivity contribution in [2.45, 2.75) is 52.5 Å². The molecule has 1 aromatic rings. The first kappa shape index (κ1) is 18.3. The van der Waals surface area contributed by atoms with Crippen LogP contribution in [-0.2, 0) is 18.3 Å². The van der Waals surface area contributed by atoms with Crippen LogP contribution in [0.1, 0.15) is 43.1 Å². The third-order valence-electron chi connectivity index (χ3n) is 4.84. The Morgan fingerprint density at radius 2 is 2.12 bits per heavy atom. The number of aromatic nitrogens is 2. The third-order valence-corrected chi connectivity index (χ3v) is 4.84. The molecule has 1 aromatic heterocycles. The highest BCUT2D eigenvalue weighted by atomic mass is 16.2. The molecule has 134 valence electrons. The van der Waals surface area contributed by atoms with Crippen LogP contribution < -0.4 is 11.1 Å². The number of carbonyl (C=O) groups is 2. The Bertz CT molecular complexity index is 610. The van der Waals surface area contributed by atoms with E-state index in [1.807, 2.05) is 32.5 Å². The molecule has 0 unspecified atom stereocenters. The molecule has 7 nitrogen and oxygen atoms in total. The summed E-state index contributed by atoms with van der Waals surface area (Å²) < 4.78 is 1.87. The van der Waals surface area contributed by atoms with Gasteiger partial charge in [0.25, 0.3) is 0 Å². The van der Waals surface area contributed by atoms with Gasteiger partial charge in [0.1, 0.15) is 0 Å². The molecule has 1 fully saturated rings. The smallest absolute Gasteiger partial charge is 0.317 e. The monoisotopic (exact) mass is 335 g/mol.